The van der Waals surface area contributed by atoms with Gasteiger partial charge in [0.1, 0.15) is 29.1 Å². The highest BCUT2D eigenvalue weighted by Crippen LogP contribution is 2.35. The third-order valence-electron chi connectivity index (χ3n) is 4.86. The molecule has 170 valence electrons. The number of aromatic hydroxyl groups is 1. The number of halogens is 1. The van der Waals surface area contributed by atoms with Crippen LogP contribution in [0.25, 0.3) is 0 Å². The Morgan fingerprint density at radius 3 is 2.71 bits per heavy atom. The number of hydrogen-bond donors (Lipinski definition) is 3. The van der Waals surface area contributed by atoms with E-state index in [1.807, 2.05) is 19.9 Å². The molecule has 1 aliphatic rings. The second kappa shape index (κ2) is 11.9. The lowest BCUT2D eigenvalue weighted by Crippen LogP contribution is -2.36. The number of aliphatic imine (C=N–C) groups is 1. The highest BCUT2D eigenvalue weighted by molar-refractivity contribution is 14.0. The van der Waals surface area contributed by atoms with Crippen LogP contribution in [0.4, 0.5) is 0 Å². The Morgan fingerprint density at radius 2 is 2.00 bits per heavy atom. The Kier molecular flexibility index (Phi) is 9.54. The van der Waals surface area contributed by atoms with Crippen LogP contribution in [0.15, 0.2) is 35.3 Å². The number of methoxy groups -OCH3 is 1. The number of nitrogens with one attached hydrogen (secondary N) is 2. The monoisotopic (exact) mass is 541 g/mol. The van der Waals surface area contributed by atoms with E-state index in [2.05, 4.69) is 23.6 Å². The quantitative estimate of drug-likeness (QED) is 0.266. The van der Waals surface area contributed by atoms with Gasteiger partial charge in [-0.05, 0) is 51.1 Å². The number of rotatable bonds is 8. The molecular weight excluding hydrogens is 509 g/mol. The van der Waals surface area contributed by atoms with Gasteiger partial charge in [0.15, 0.2) is 5.96 Å². The average Bonchev–Trinajstić information content (AvgIpc) is 3.10. The molecule has 8 heteroatoms. The molecule has 0 aromatic heterocycles. The molecule has 0 fully saturated rings. The zero-order valence-corrected chi connectivity index (χ0v) is 20.9. The molecule has 3 rings (SSSR count). The van der Waals surface area contributed by atoms with E-state index in [1.165, 1.54) is 5.56 Å². The maximum Gasteiger partial charge on any atom is 0.191 e. The summed E-state index contributed by atoms with van der Waals surface area (Å²) in [6.07, 6.45) is 1.08. The molecule has 0 aliphatic carbocycles. The van der Waals surface area contributed by atoms with E-state index in [4.69, 9.17) is 19.2 Å². The van der Waals surface area contributed by atoms with Crippen molar-refractivity contribution in [3.05, 3.63) is 47.0 Å². The Labute approximate surface area is 201 Å². The summed E-state index contributed by atoms with van der Waals surface area (Å²) in [5.41, 5.74) is 2.89. The fourth-order valence-electron chi connectivity index (χ4n) is 3.41. The van der Waals surface area contributed by atoms with Crippen molar-refractivity contribution in [2.24, 2.45) is 4.99 Å². The maximum atomic E-state index is 10.1. The molecule has 3 N–H and O–H groups in total. The second-order valence-electron chi connectivity index (χ2n) is 7.18. The van der Waals surface area contributed by atoms with Crippen molar-refractivity contribution in [1.29, 1.82) is 0 Å². The van der Waals surface area contributed by atoms with Crippen molar-refractivity contribution in [1.82, 2.24) is 10.6 Å². The smallest absolute Gasteiger partial charge is 0.191 e. The molecule has 0 radical (unpaired) electrons. The number of phenols is 1. The summed E-state index contributed by atoms with van der Waals surface area (Å²) in [6, 6.07) is 9.26. The first kappa shape index (κ1) is 24.9. The van der Waals surface area contributed by atoms with Crippen LogP contribution < -0.4 is 24.8 Å². The molecule has 1 atom stereocenters. The molecule has 0 spiro atoms. The molecule has 2 aromatic carbocycles. The molecule has 7 nitrogen and oxygen atoms in total. The van der Waals surface area contributed by atoms with Gasteiger partial charge in [0, 0.05) is 36.2 Å². The largest absolute Gasteiger partial charge is 0.508 e. The van der Waals surface area contributed by atoms with Crippen LogP contribution in [0, 0.1) is 0 Å². The normalized spacial score (nSPS) is 14.8. The number of benzene rings is 2. The molecule has 0 amide bonds. The third kappa shape index (κ3) is 6.56. The van der Waals surface area contributed by atoms with E-state index in [-0.39, 0.29) is 35.8 Å². The van der Waals surface area contributed by atoms with Crippen molar-refractivity contribution >= 4 is 29.9 Å². The van der Waals surface area contributed by atoms with E-state index in [9.17, 15) is 5.11 Å². The van der Waals surface area contributed by atoms with Crippen LogP contribution >= 0.6 is 24.0 Å². The molecule has 0 saturated heterocycles. The first-order chi connectivity index (χ1) is 14.5. The second-order valence-corrected chi connectivity index (χ2v) is 7.18. The Hall–Kier alpha value is -2.36. The summed E-state index contributed by atoms with van der Waals surface area (Å²) in [5.74, 6) is 3.31. The number of guanidine groups is 1. The number of nitrogens with zero attached hydrogens (tertiary/aromatic N) is 1. The molecule has 1 heterocycles. The predicted molar refractivity (Wildman–Crippen MR) is 133 cm³/mol. The average molecular weight is 541 g/mol. The predicted octanol–water partition coefficient (Wildman–Crippen LogP) is 4.00. The van der Waals surface area contributed by atoms with Crippen molar-refractivity contribution < 1.29 is 19.3 Å². The summed E-state index contributed by atoms with van der Waals surface area (Å²) in [4.78, 5) is 4.70. The van der Waals surface area contributed by atoms with Crippen LogP contribution in [0.5, 0.6) is 23.0 Å². The van der Waals surface area contributed by atoms with Crippen molar-refractivity contribution in [2.75, 3.05) is 20.3 Å². The minimum Gasteiger partial charge on any atom is -0.508 e. The van der Waals surface area contributed by atoms with Gasteiger partial charge in [0.25, 0.3) is 0 Å². The number of hydrogen-bond acceptors (Lipinski definition) is 5. The third-order valence-corrected chi connectivity index (χ3v) is 4.86. The fourth-order valence-corrected chi connectivity index (χ4v) is 3.41. The van der Waals surface area contributed by atoms with E-state index < -0.39 is 0 Å². The highest BCUT2D eigenvalue weighted by Gasteiger charge is 2.21. The van der Waals surface area contributed by atoms with Crippen LogP contribution in [0.3, 0.4) is 0 Å². The first-order valence-corrected chi connectivity index (χ1v) is 10.4. The highest BCUT2D eigenvalue weighted by atomic mass is 127. The van der Waals surface area contributed by atoms with Gasteiger partial charge in [0.05, 0.1) is 20.3 Å². The Bertz CT molecular complexity index is 905. The Balaban J connectivity index is 0.00000341. The summed E-state index contributed by atoms with van der Waals surface area (Å²) < 4.78 is 17.0. The van der Waals surface area contributed by atoms with E-state index in [0.29, 0.717) is 31.4 Å². The van der Waals surface area contributed by atoms with Gasteiger partial charge in [-0.15, -0.1) is 24.0 Å². The van der Waals surface area contributed by atoms with Crippen LogP contribution in [0.1, 0.15) is 37.5 Å². The molecule has 0 saturated carbocycles. The summed E-state index contributed by atoms with van der Waals surface area (Å²) in [6.45, 7) is 8.23. The molecule has 1 aliphatic heterocycles. The van der Waals surface area contributed by atoms with Gasteiger partial charge in [-0.1, -0.05) is 0 Å². The van der Waals surface area contributed by atoms with Gasteiger partial charge in [-0.25, -0.2) is 4.99 Å². The van der Waals surface area contributed by atoms with Gasteiger partial charge in [0.2, 0.25) is 0 Å². The first-order valence-electron chi connectivity index (χ1n) is 10.4. The van der Waals surface area contributed by atoms with Gasteiger partial charge < -0.3 is 30.0 Å². The minimum absolute atomic E-state index is 0. The van der Waals surface area contributed by atoms with Crippen LogP contribution in [-0.4, -0.2) is 37.4 Å². The Morgan fingerprint density at radius 1 is 1.19 bits per heavy atom. The van der Waals surface area contributed by atoms with Crippen molar-refractivity contribution in [3.63, 3.8) is 0 Å². The van der Waals surface area contributed by atoms with Crippen molar-refractivity contribution in [3.8, 4) is 23.0 Å². The molecular formula is C23H32IN3O4. The minimum atomic E-state index is 0. The SMILES string of the molecule is CCNC(=NCc1cc2c(cc1OCC)CC(C)O2)NCc1cc(OC)ccc1O.I. The van der Waals surface area contributed by atoms with Gasteiger partial charge in [-0.3, -0.25) is 0 Å². The van der Waals surface area contributed by atoms with E-state index >= 15 is 0 Å². The molecule has 2 aromatic rings. The van der Waals surface area contributed by atoms with Crippen molar-refractivity contribution in [2.45, 2.75) is 46.4 Å². The lowest BCUT2D eigenvalue weighted by molar-refractivity contribution is 0.254. The van der Waals surface area contributed by atoms with E-state index in [0.717, 1.165) is 35.6 Å². The number of phenolic OH excluding ortho intramolecular Hbond substituents is 1. The zero-order chi connectivity index (χ0) is 21.5. The molecule has 1 unspecified atom stereocenters. The molecule has 31 heavy (non-hydrogen) atoms. The van der Waals surface area contributed by atoms with E-state index in [1.54, 1.807) is 25.3 Å². The zero-order valence-electron chi connectivity index (χ0n) is 18.5. The van der Waals surface area contributed by atoms with Crippen LogP contribution in [0.2, 0.25) is 0 Å². The standard InChI is InChI=1S/C23H31N3O4.HI/c1-5-24-23(25-13-17-10-19(28-4)7-8-20(17)27)26-14-18-12-22-16(9-15(3)30-22)11-21(18)29-6-2;/h7-8,10-12,15,27H,5-6,9,13-14H2,1-4H3,(H2,24,25,26);1H. The summed E-state index contributed by atoms with van der Waals surface area (Å²) in [5, 5.41) is 16.6. The summed E-state index contributed by atoms with van der Waals surface area (Å²) >= 11 is 0. The maximum absolute atomic E-state index is 10.1. The summed E-state index contributed by atoms with van der Waals surface area (Å²) in [7, 11) is 1.60. The fraction of sp³-hybridized carbons (Fsp3) is 0.435. The number of fused-ring (bicyclic) bond motifs is 1. The van der Waals surface area contributed by atoms with Gasteiger partial charge >= 0.3 is 0 Å². The topological polar surface area (TPSA) is 84.3 Å². The molecule has 0 bridgehead atoms. The van der Waals surface area contributed by atoms with Crippen LogP contribution in [-0.2, 0) is 19.5 Å². The lowest BCUT2D eigenvalue weighted by Gasteiger charge is -2.14. The number of ether oxygens (including phenoxy) is 3. The van der Waals surface area contributed by atoms with Gasteiger partial charge in [-0.2, -0.15) is 0 Å². The lowest BCUT2D eigenvalue weighted by atomic mass is 10.1.